The van der Waals surface area contributed by atoms with Crippen molar-refractivity contribution in [1.82, 2.24) is 0 Å². The largest absolute Gasteiger partial charge is 0.379 e. The van der Waals surface area contributed by atoms with Gasteiger partial charge in [0.25, 0.3) is 10.1 Å². The fraction of sp³-hybridized carbons (Fsp3) is 0.833. The number of benzene rings is 1. The van der Waals surface area contributed by atoms with Gasteiger partial charge in [-0.05, 0) is 44.7 Å². The molecule has 2 rings (SSSR count). The van der Waals surface area contributed by atoms with Crippen LogP contribution in [0.3, 0.4) is 0 Å². The Morgan fingerprint density at radius 3 is 1.72 bits per heavy atom. The standard InChI is InChI=1S/C36H64O6S/c1-3-4-5-6-7-8-9-10-11-12-13-14-15-18-21-24-36-40-32-34(42-36)31-39-29-22-19-16-17-20-23-30-41-43(37,38)35-27-25-33(2)26-28-35/h25-28,34,36H,3-24,29-32H2,1-2H3/t34-,36-/m0/s1. The lowest BCUT2D eigenvalue weighted by Gasteiger charge is -2.12. The molecule has 6 nitrogen and oxygen atoms in total. The summed E-state index contributed by atoms with van der Waals surface area (Å²) in [4.78, 5) is 0.225. The minimum absolute atomic E-state index is 0.0496. The highest BCUT2D eigenvalue weighted by Crippen LogP contribution is 2.20. The molecule has 0 spiro atoms. The Hall–Kier alpha value is -0.990. The van der Waals surface area contributed by atoms with Crippen LogP contribution >= 0.6 is 0 Å². The molecule has 0 aromatic heterocycles. The Balaban J connectivity index is 1.29. The lowest BCUT2D eigenvalue weighted by atomic mass is 10.0. The van der Waals surface area contributed by atoms with E-state index >= 15 is 0 Å². The fourth-order valence-corrected chi connectivity index (χ4v) is 6.54. The molecule has 1 aromatic carbocycles. The van der Waals surface area contributed by atoms with E-state index in [1.165, 1.54) is 96.3 Å². The molecule has 1 aliphatic heterocycles. The summed E-state index contributed by atoms with van der Waals surface area (Å²) >= 11 is 0. The van der Waals surface area contributed by atoms with E-state index in [4.69, 9.17) is 18.4 Å². The molecule has 0 unspecified atom stereocenters. The summed E-state index contributed by atoms with van der Waals surface area (Å²) in [5, 5.41) is 0. The van der Waals surface area contributed by atoms with Crippen LogP contribution in [-0.2, 0) is 28.5 Å². The lowest BCUT2D eigenvalue weighted by molar-refractivity contribution is -0.0761. The summed E-state index contributed by atoms with van der Waals surface area (Å²) in [6, 6.07) is 6.76. The quantitative estimate of drug-likeness (QED) is 0.0652. The number of hydrogen-bond acceptors (Lipinski definition) is 6. The van der Waals surface area contributed by atoms with Gasteiger partial charge in [-0.25, -0.2) is 0 Å². The minimum Gasteiger partial charge on any atom is -0.379 e. The molecular weight excluding hydrogens is 560 g/mol. The van der Waals surface area contributed by atoms with Crippen molar-refractivity contribution in [1.29, 1.82) is 0 Å². The van der Waals surface area contributed by atoms with Gasteiger partial charge in [0.2, 0.25) is 0 Å². The van der Waals surface area contributed by atoms with Crippen molar-refractivity contribution >= 4 is 10.1 Å². The maximum atomic E-state index is 12.2. The van der Waals surface area contributed by atoms with E-state index in [-0.39, 0.29) is 23.9 Å². The highest BCUT2D eigenvalue weighted by molar-refractivity contribution is 7.86. The Morgan fingerprint density at radius 1 is 0.674 bits per heavy atom. The van der Waals surface area contributed by atoms with Gasteiger partial charge in [-0.2, -0.15) is 8.42 Å². The third kappa shape index (κ3) is 19.9. The van der Waals surface area contributed by atoms with Crippen molar-refractivity contribution < 1.29 is 26.8 Å². The van der Waals surface area contributed by atoms with Crippen LogP contribution < -0.4 is 0 Å². The highest BCUT2D eigenvalue weighted by Gasteiger charge is 2.25. The number of rotatable bonds is 29. The molecule has 0 bridgehead atoms. The van der Waals surface area contributed by atoms with E-state index < -0.39 is 10.1 Å². The molecule has 250 valence electrons. The van der Waals surface area contributed by atoms with Gasteiger partial charge in [-0.3, -0.25) is 4.18 Å². The first kappa shape index (κ1) is 38.2. The summed E-state index contributed by atoms with van der Waals surface area (Å²) < 4.78 is 47.2. The molecule has 2 atom stereocenters. The van der Waals surface area contributed by atoms with E-state index in [1.54, 1.807) is 24.3 Å². The van der Waals surface area contributed by atoms with Gasteiger partial charge in [-0.15, -0.1) is 0 Å². The molecule has 1 fully saturated rings. The topological polar surface area (TPSA) is 71.1 Å². The van der Waals surface area contributed by atoms with Crippen LogP contribution in [0.25, 0.3) is 0 Å². The van der Waals surface area contributed by atoms with E-state index in [9.17, 15) is 8.42 Å². The van der Waals surface area contributed by atoms with Gasteiger partial charge >= 0.3 is 0 Å². The van der Waals surface area contributed by atoms with Crippen LogP contribution in [0.15, 0.2) is 29.2 Å². The third-order valence-electron chi connectivity index (χ3n) is 8.39. The number of ether oxygens (including phenoxy) is 3. The second-order valence-corrected chi connectivity index (χ2v) is 14.2. The number of aryl methyl sites for hydroxylation is 1. The van der Waals surface area contributed by atoms with Crippen LogP contribution in [0.2, 0.25) is 0 Å². The van der Waals surface area contributed by atoms with Gasteiger partial charge in [-0.1, -0.05) is 140 Å². The molecular formula is C36H64O6S. The Kier molecular flexibility index (Phi) is 22.4. The maximum Gasteiger partial charge on any atom is 0.296 e. The van der Waals surface area contributed by atoms with Gasteiger partial charge in [0.1, 0.15) is 6.10 Å². The zero-order valence-corrected chi connectivity index (χ0v) is 28.5. The van der Waals surface area contributed by atoms with Crippen LogP contribution in [0.1, 0.15) is 154 Å². The third-order valence-corrected chi connectivity index (χ3v) is 9.72. The summed E-state index contributed by atoms with van der Waals surface area (Å²) in [6.07, 6.45) is 27.9. The molecule has 0 N–H and O–H groups in total. The second-order valence-electron chi connectivity index (χ2n) is 12.5. The first-order valence-electron chi connectivity index (χ1n) is 17.8. The average Bonchev–Trinajstić information content (AvgIpc) is 3.45. The van der Waals surface area contributed by atoms with Crippen molar-refractivity contribution in [2.24, 2.45) is 0 Å². The van der Waals surface area contributed by atoms with Gasteiger partial charge in [0, 0.05) is 6.61 Å². The Bertz CT molecular complexity index is 872. The van der Waals surface area contributed by atoms with Crippen LogP contribution in [0.4, 0.5) is 0 Å². The average molecular weight is 625 g/mol. The van der Waals surface area contributed by atoms with Gasteiger partial charge in [0.05, 0.1) is 24.7 Å². The van der Waals surface area contributed by atoms with Crippen LogP contribution in [0, 0.1) is 6.92 Å². The van der Waals surface area contributed by atoms with Crippen LogP contribution in [0.5, 0.6) is 0 Å². The maximum absolute atomic E-state index is 12.2. The molecule has 1 aliphatic rings. The Labute approximate surface area is 265 Å². The second kappa shape index (κ2) is 25.2. The summed E-state index contributed by atoms with van der Waals surface area (Å²) in [6.45, 7) is 6.46. The molecule has 1 heterocycles. The van der Waals surface area contributed by atoms with E-state index in [0.717, 1.165) is 57.1 Å². The van der Waals surface area contributed by atoms with Crippen molar-refractivity contribution in [2.45, 2.75) is 172 Å². The predicted molar refractivity (Wildman–Crippen MR) is 177 cm³/mol. The molecule has 0 amide bonds. The number of hydrogen-bond donors (Lipinski definition) is 0. The van der Waals surface area contributed by atoms with Crippen LogP contribution in [-0.4, -0.2) is 47.2 Å². The minimum atomic E-state index is -3.65. The van der Waals surface area contributed by atoms with Crippen molar-refractivity contribution in [2.75, 3.05) is 26.4 Å². The van der Waals surface area contributed by atoms with Crippen molar-refractivity contribution in [3.8, 4) is 0 Å². The van der Waals surface area contributed by atoms with Gasteiger partial charge in [0.15, 0.2) is 6.29 Å². The molecule has 0 aliphatic carbocycles. The fourth-order valence-electron chi connectivity index (χ4n) is 5.60. The van der Waals surface area contributed by atoms with Crippen molar-refractivity contribution in [3.05, 3.63) is 29.8 Å². The zero-order chi connectivity index (χ0) is 30.9. The van der Waals surface area contributed by atoms with E-state index in [1.807, 2.05) is 6.92 Å². The predicted octanol–water partition coefficient (Wildman–Crippen LogP) is 10.1. The van der Waals surface area contributed by atoms with E-state index in [0.29, 0.717) is 13.2 Å². The van der Waals surface area contributed by atoms with Crippen molar-refractivity contribution in [3.63, 3.8) is 0 Å². The molecule has 7 heteroatoms. The normalized spacial score (nSPS) is 17.2. The first-order chi connectivity index (χ1) is 21.0. The summed E-state index contributed by atoms with van der Waals surface area (Å²) in [5.41, 5.74) is 1.03. The molecule has 1 aromatic rings. The van der Waals surface area contributed by atoms with Gasteiger partial charge < -0.3 is 14.2 Å². The lowest BCUT2D eigenvalue weighted by Crippen LogP contribution is -2.19. The smallest absolute Gasteiger partial charge is 0.296 e. The summed E-state index contributed by atoms with van der Waals surface area (Å²) in [7, 11) is -3.65. The zero-order valence-electron chi connectivity index (χ0n) is 27.7. The molecule has 0 saturated carbocycles. The first-order valence-corrected chi connectivity index (χ1v) is 19.2. The molecule has 43 heavy (non-hydrogen) atoms. The molecule has 1 saturated heterocycles. The highest BCUT2D eigenvalue weighted by atomic mass is 32.2. The SMILES string of the molecule is CCCCCCCCCCCCCCCCC[C@H]1OC[C@H](COCCCCCCCCOS(=O)(=O)c2ccc(C)cc2)O1. The Morgan fingerprint density at radius 2 is 1.16 bits per heavy atom. The van der Waals surface area contributed by atoms with E-state index in [2.05, 4.69) is 6.92 Å². The number of unbranched alkanes of at least 4 members (excludes halogenated alkanes) is 19. The molecule has 0 radical (unpaired) electrons. The monoisotopic (exact) mass is 624 g/mol. The summed E-state index contributed by atoms with van der Waals surface area (Å²) in [5.74, 6) is 0.